The molecule has 22 heavy (non-hydrogen) atoms. The maximum atomic E-state index is 12.0. The zero-order valence-electron chi connectivity index (χ0n) is 13.5. The second-order valence-electron chi connectivity index (χ2n) is 6.84. The van der Waals surface area contributed by atoms with E-state index >= 15 is 0 Å². The van der Waals surface area contributed by atoms with Gasteiger partial charge in [-0.2, -0.15) is 0 Å². The number of piperidine rings is 1. The van der Waals surface area contributed by atoms with Crippen molar-refractivity contribution >= 4 is 10.0 Å². The third-order valence-electron chi connectivity index (χ3n) is 5.13. The fourth-order valence-electron chi connectivity index (χ4n) is 3.80. The van der Waals surface area contributed by atoms with Gasteiger partial charge >= 0.3 is 0 Å². The molecule has 2 atom stereocenters. The van der Waals surface area contributed by atoms with Crippen LogP contribution in [0.2, 0.25) is 0 Å². The highest BCUT2D eigenvalue weighted by atomic mass is 32.2. The number of sulfonamides is 1. The van der Waals surface area contributed by atoms with Gasteiger partial charge in [-0.1, -0.05) is 19.3 Å². The molecule has 1 aliphatic carbocycles. The lowest BCUT2D eigenvalue weighted by molar-refractivity contribution is 0.0765. The van der Waals surface area contributed by atoms with E-state index in [2.05, 4.69) is 4.90 Å². The summed E-state index contributed by atoms with van der Waals surface area (Å²) < 4.78 is 30.8. The van der Waals surface area contributed by atoms with Crippen LogP contribution in [0.4, 0.5) is 0 Å². The summed E-state index contributed by atoms with van der Waals surface area (Å²) in [6.45, 7) is 2.94. The standard InChI is InChI=1S/C16H26N2O3S/c1-17(2)22(19,20)16-8-7-15(21-16)12-18-10-9-13-5-3-4-6-14(13)11-18/h7-8,13-14H,3-6,9-12H2,1-2H3/t13-,14-/m1/s1. The molecule has 0 bridgehead atoms. The summed E-state index contributed by atoms with van der Waals surface area (Å²) in [5.41, 5.74) is 0. The van der Waals surface area contributed by atoms with Crippen LogP contribution in [0.5, 0.6) is 0 Å². The van der Waals surface area contributed by atoms with Crippen LogP contribution in [0, 0.1) is 11.8 Å². The van der Waals surface area contributed by atoms with Gasteiger partial charge in [0.15, 0.2) is 0 Å². The van der Waals surface area contributed by atoms with Crippen LogP contribution in [-0.2, 0) is 16.6 Å². The van der Waals surface area contributed by atoms with Gasteiger partial charge in [0.1, 0.15) is 5.76 Å². The molecule has 6 heteroatoms. The molecule has 2 heterocycles. The normalized spacial score (nSPS) is 27.0. The summed E-state index contributed by atoms with van der Waals surface area (Å²) in [7, 11) is -0.429. The molecule has 2 fully saturated rings. The van der Waals surface area contributed by atoms with E-state index in [1.165, 1.54) is 50.5 Å². The average Bonchev–Trinajstić information content (AvgIpc) is 2.96. The van der Waals surface area contributed by atoms with Crippen LogP contribution < -0.4 is 0 Å². The zero-order chi connectivity index (χ0) is 15.7. The molecule has 0 spiro atoms. The second-order valence-corrected chi connectivity index (χ2v) is 8.92. The summed E-state index contributed by atoms with van der Waals surface area (Å²) in [6.07, 6.45) is 6.77. The third kappa shape index (κ3) is 3.24. The molecule has 124 valence electrons. The van der Waals surface area contributed by atoms with E-state index in [0.717, 1.165) is 30.7 Å². The van der Waals surface area contributed by atoms with Crippen LogP contribution in [0.1, 0.15) is 37.9 Å². The van der Waals surface area contributed by atoms with Crippen molar-refractivity contribution in [2.24, 2.45) is 11.8 Å². The highest BCUT2D eigenvalue weighted by molar-refractivity contribution is 7.88. The molecule has 0 radical (unpaired) electrons. The molecule has 1 saturated heterocycles. The Morgan fingerprint density at radius 3 is 2.64 bits per heavy atom. The van der Waals surface area contributed by atoms with Gasteiger partial charge in [0.2, 0.25) is 5.09 Å². The van der Waals surface area contributed by atoms with E-state index < -0.39 is 10.0 Å². The fraction of sp³-hybridized carbons (Fsp3) is 0.750. The lowest BCUT2D eigenvalue weighted by Gasteiger charge is -2.41. The first-order valence-electron chi connectivity index (χ1n) is 8.20. The number of furan rings is 1. The molecule has 0 N–H and O–H groups in total. The maximum absolute atomic E-state index is 12.0. The number of hydrogen-bond acceptors (Lipinski definition) is 4. The minimum absolute atomic E-state index is 0.0417. The first-order chi connectivity index (χ1) is 10.5. The van der Waals surface area contributed by atoms with E-state index in [4.69, 9.17) is 4.42 Å². The summed E-state index contributed by atoms with van der Waals surface area (Å²) >= 11 is 0. The monoisotopic (exact) mass is 326 g/mol. The van der Waals surface area contributed by atoms with Gasteiger partial charge in [-0.15, -0.1) is 0 Å². The van der Waals surface area contributed by atoms with Gasteiger partial charge < -0.3 is 4.42 Å². The smallest absolute Gasteiger partial charge is 0.275 e. The van der Waals surface area contributed by atoms with E-state index in [-0.39, 0.29) is 5.09 Å². The molecular formula is C16H26N2O3S. The average molecular weight is 326 g/mol. The fourth-order valence-corrected chi connectivity index (χ4v) is 4.61. The highest BCUT2D eigenvalue weighted by Crippen LogP contribution is 2.36. The number of rotatable bonds is 4. The molecule has 1 aromatic rings. The van der Waals surface area contributed by atoms with E-state index in [0.29, 0.717) is 6.54 Å². The summed E-state index contributed by atoms with van der Waals surface area (Å²) in [5, 5.41) is 0.0417. The van der Waals surface area contributed by atoms with Crippen LogP contribution >= 0.6 is 0 Å². The molecule has 3 rings (SSSR count). The quantitative estimate of drug-likeness (QED) is 0.853. The topological polar surface area (TPSA) is 53.8 Å². The molecule has 0 amide bonds. The van der Waals surface area contributed by atoms with Crippen molar-refractivity contribution in [3.05, 3.63) is 17.9 Å². The maximum Gasteiger partial charge on any atom is 0.275 e. The summed E-state index contributed by atoms with van der Waals surface area (Å²) in [4.78, 5) is 2.41. The number of nitrogens with zero attached hydrogens (tertiary/aromatic N) is 2. The highest BCUT2D eigenvalue weighted by Gasteiger charge is 2.31. The van der Waals surface area contributed by atoms with Gasteiger partial charge in [0.05, 0.1) is 6.54 Å². The van der Waals surface area contributed by atoms with Gasteiger partial charge in [0, 0.05) is 20.6 Å². The molecule has 2 aliphatic rings. The Morgan fingerprint density at radius 1 is 1.18 bits per heavy atom. The lowest BCUT2D eigenvalue weighted by atomic mass is 9.75. The first-order valence-corrected chi connectivity index (χ1v) is 9.64. The van der Waals surface area contributed by atoms with E-state index in [1.54, 1.807) is 12.1 Å². The summed E-state index contributed by atoms with van der Waals surface area (Å²) in [5.74, 6) is 2.48. The summed E-state index contributed by atoms with van der Waals surface area (Å²) in [6, 6.07) is 3.36. The van der Waals surface area contributed by atoms with Crippen molar-refractivity contribution < 1.29 is 12.8 Å². The SMILES string of the molecule is CN(C)S(=O)(=O)c1ccc(CN2CC[C@H]3CCCC[C@@H]3C2)o1. The van der Waals surface area contributed by atoms with Crippen LogP contribution in [-0.4, -0.2) is 44.8 Å². The second kappa shape index (κ2) is 6.34. The van der Waals surface area contributed by atoms with Crippen molar-refractivity contribution in [3.8, 4) is 0 Å². The molecular weight excluding hydrogens is 300 g/mol. The Bertz CT molecular complexity index is 609. The van der Waals surface area contributed by atoms with Crippen molar-refractivity contribution in [2.45, 2.75) is 43.7 Å². The third-order valence-corrected chi connectivity index (χ3v) is 6.82. The lowest BCUT2D eigenvalue weighted by Crippen LogP contribution is -2.41. The molecule has 1 aliphatic heterocycles. The van der Waals surface area contributed by atoms with Gasteiger partial charge in [-0.25, -0.2) is 12.7 Å². The Balaban J connectivity index is 1.63. The molecule has 1 aromatic heterocycles. The molecule has 0 aromatic carbocycles. The Hall–Kier alpha value is -0.850. The van der Waals surface area contributed by atoms with Crippen molar-refractivity contribution in [1.29, 1.82) is 0 Å². The Labute approximate surface area is 133 Å². The predicted octanol–water partition coefficient (Wildman–Crippen LogP) is 2.54. The number of likely N-dealkylation sites (tertiary alicyclic amines) is 1. The minimum Gasteiger partial charge on any atom is -0.447 e. The Morgan fingerprint density at radius 2 is 1.91 bits per heavy atom. The van der Waals surface area contributed by atoms with Crippen molar-refractivity contribution in [1.82, 2.24) is 9.21 Å². The van der Waals surface area contributed by atoms with Crippen LogP contribution in [0.15, 0.2) is 21.6 Å². The number of fused-ring (bicyclic) bond motifs is 1. The molecule has 1 saturated carbocycles. The predicted molar refractivity (Wildman–Crippen MR) is 84.9 cm³/mol. The number of hydrogen-bond donors (Lipinski definition) is 0. The van der Waals surface area contributed by atoms with Crippen molar-refractivity contribution in [2.75, 3.05) is 27.2 Å². The van der Waals surface area contributed by atoms with Gasteiger partial charge in [-0.05, 0) is 43.4 Å². The van der Waals surface area contributed by atoms with Crippen LogP contribution in [0.3, 0.4) is 0 Å². The van der Waals surface area contributed by atoms with Gasteiger partial charge in [-0.3, -0.25) is 4.90 Å². The molecule has 5 nitrogen and oxygen atoms in total. The van der Waals surface area contributed by atoms with Crippen molar-refractivity contribution in [3.63, 3.8) is 0 Å². The van der Waals surface area contributed by atoms with Gasteiger partial charge in [0.25, 0.3) is 10.0 Å². The van der Waals surface area contributed by atoms with Crippen LogP contribution in [0.25, 0.3) is 0 Å². The zero-order valence-corrected chi connectivity index (χ0v) is 14.3. The Kier molecular flexibility index (Phi) is 4.61. The molecule has 0 unspecified atom stereocenters. The minimum atomic E-state index is -3.47. The largest absolute Gasteiger partial charge is 0.447 e. The first kappa shape index (κ1) is 16.0. The van der Waals surface area contributed by atoms with E-state index in [9.17, 15) is 8.42 Å². The van der Waals surface area contributed by atoms with E-state index in [1.807, 2.05) is 0 Å².